The van der Waals surface area contributed by atoms with Crippen molar-refractivity contribution in [2.75, 3.05) is 0 Å². The van der Waals surface area contributed by atoms with E-state index in [4.69, 9.17) is 11.1 Å². The van der Waals surface area contributed by atoms with E-state index in [0.29, 0.717) is 12.0 Å². The first-order chi connectivity index (χ1) is 6.98. The van der Waals surface area contributed by atoms with Crippen molar-refractivity contribution in [3.63, 3.8) is 0 Å². The smallest absolute Gasteiger partial charge is 0.130 e. The monoisotopic (exact) mass is 210 g/mol. The molecule has 2 atom stereocenters. The van der Waals surface area contributed by atoms with Gasteiger partial charge in [0.25, 0.3) is 0 Å². The third-order valence-corrected chi connectivity index (χ3v) is 3.20. The van der Waals surface area contributed by atoms with Crippen LogP contribution in [0.3, 0.4) is 0 Å². The molecule has 0 heterocycles. The summed E-state index contributed by atoms with van der Waals surface area (Å²) >= 11 is 0. The summed E-state index contributed by atoms with van der Waals surface area (Å²) in [6.45, 7) is 1.91. The number of rotatable bonds is 2. The van der Waals surface area contributed by atoms with Gasteiger partial charge in [-0.2, -0.15) is 0 Å². The maximum atomic E-state index is 13.5. The molecule has 0 spiro atoms. The van der Waals surface area contributed by atoms with E-state index in [-0.39, 0.29) is 11.8 Å². The maximum absolute atomic E-state index is 13.5. The number of nitrogens with two attached hydrogens (primary N) is 1. The molecule has 4 heteroatoms. The number of benzene rings is 1. The summed E-state index contributed by atoms with van der Waals surface area (Å²) in [4.78, 5) is 0. The highest BCUT2D eigenvalue weighted by atomic mass is 19.1. The topological polar surface area (TPSA) is 49.9 Å². The van der Waals surface area contributed by atoms with Gasteiger partial charge in [-0.1, -0.05) is 13.0 Å². The average molecular weight is 210 g/mol. The van der Waals surface area contributed by atoms with Crippen LogP contribution in [0.25, 0.3) is 0 Å². The van der Waals surface area contributed by atoms with Crippen molar-refractivity contribution in [2.24, 2.45) is 11.7 Å². The lowest BCUT2D eigenvalue weighted by atomic mass is 9.92. The Labute approximate surface area is 86.6 Å². The Morgan fingerprint density at radius 3 is 2.53 bits per heavy atom. The Hall–Kier alpha value is -1.45. The molecule has 15 heavy (non-hydrogen) atoms. The standard InChI is InChI=1S/C11H12F2N2/c1-6-5-11(6,10(14)15)8-3-2-7(12)4-9(8)13/h2-4,6H,5H2,1H3,(H3,14,15). The van der Waals surface area contributed by atoms with Crippen molar-refractivity contribution in [2.45, 2.75) is 18.8 Å². The third-order valence-electron chi connectivity index (χ3n) is 3.20. The van der Waals surface area contributed by atoms with E-state index in [9.17, 15) is 8.78 Å². The molecular weight excluding hydrogens is 198 g/mol. The number of hydrogen-bond acceptors (Lipinski definition) is 1. The summed E-state index contributed by atoms with van der Waals surface area (Å²) in [7, 11) is 0. The van der Waals surface area contributed by atoms with Gasteiger partial charge in [-0.05, 0) is 18.4 Å². The molecule has 0 radical (unpaired) electrons. The second-order valence-corrected chi connectivity index (χ2v) is 4.11. The first-order valence-electron chi connectivity index (χ1n) is 4.78. The van der Waals surface area contributed by atoms with E-state index < -0.39 is 17.0 Å². The predicted octanol–water partition coefficient (Wildman–Crippen LogP) is 2.18. The number of hydrogen-bond donors (Lipinski definition) is 2. The minimum atomic E-state index is -0.697. The van der Waals surface area contributed by atoms with Crippen LogP contribution in [0.1, 0.15) is 18.9 Å². The highest BCUT2D eigenvalue weighted by Gasteiger charge is 2.56. The van der Waals surface area contributed by atoms with Crippen LogP contribution in [0.5, 0.6) is 0 Å². The molecule has 2 unspecified atom stereocenters. The molecule has 0 saturated heterocycles. The molecule has 1 aromatic rings. The van der Waals surface area contributed by atoms with Crippen molar-refractivity contribution < 1.29 is 8.78 Å². The minimum absolute atomic E-state index is 0.0412. The molecule has 1 aliphatic rings. The van der Waals surface area contributed by atoms with Crippen LogP contribution in [-0.4, -0.2) is 5.84 Å². The summed E-state index contributed by atoms with van der Waals surface area (Å²) in [6.07, 6.45) is 0.658. The first-order valence-corrected chi connectivity index (χ1v) is 4.78. The lowest BCUT2D eigenvalue weighted by molar-refractivity contribution is 0.562. The molecule has 1 saturated carbocycles. The summed E-state index contributed by atoms with van der Waals surface area (Å²) < 4.78 is 26.3. The fourth-order valence-corrected chi connectivity index (χ4v) is 2.17. The normalized spacial score (nSPS) is 28.9. The zero-order chi connectivity index (χ0) is 11.2. The van der Waals surface area contributed by atoms with Gasteiger partial charge in [-0.15, -0.1) is 0 Å². The zero-order valence-electron chi connectivity index (χ0n) is 8.35. The number of amidine groups is 1. The zero-order valence-corrected chi connectivity index (χ0v) is 8.35. The van der Waals surface area contributed by atoms with E-state index >= 15 is 0 Å². The summed E-state index contributed by atoms with van der Waals surface area (Å²) in [5.41, 5.74) is 5.13. The van der Waals surface area contributed by atoms with Gasteiger partial charge >= 0.3 is 0 Å². The molecule has 0 bridgehead atoms. The molecule has 80 valence electrons. The van der Waals surface area contributed by atoms with Crippen LogP contribution in [0.2, 0.25) is 0 Å². The summed E-state index contributed by atoms with van der Waals surface area (Å²) in [6, 6.07) is 3.43. The van der Waals surface area contributed by atoms with Gasteiger partial charge in [-0.3, -0.25) is 5.41 Å². The van der Waals surface area contributed by atoms with Gasteiger partial charge in [-0.25, -0.2) is 8.78 Å². The molecule has 0 amide bonds. The van der Waals surface area contributed by atoms with Gasteiger partial charge < -0.3 is 5.73 Å². The van der Waals surface area contributed by atoms with Crippen LogP contribution in [0, 0.1) is 23.0 Å². The molecule has 0 aliphatic heterocycles. The van der Waals surface area contributed by atoms with Crippen LogP contribution < -0.4 is 5.73 Å². The molecule has 3 N–H and O–H groups in total. The van der Waals surface area contributed by atoms with E-state index in [1.807, 2.05) is 6.92 Å². The van der Waals surface area contributed by atoms with E-state index in [1.165, 1.54) is 12.1 Å². The second kappa shape index (κ2) is 3.02. The molecule has 0 aromatic heterocycles. The van der Waals surface area contributed by atoms with Crippen molar-refractivity contribution in [1.82, 2.24) is 0 Å². The molecular formula is C11H12F2N2. The van der Waals surface area contributed by atoms with Crippen molar-refractivity contribution in [3.05, 3.63) is 35.4 Å². The quantitative estimate of drug-likeness (QED) is 0.570. The van der Waals surface area contributed by atoms with Gasteiger partial charge in [0, 0.05) is 11.6 Å². The average Bonchev–Trinajstić information content (AvgIpc) is 2.78. The largest absolute Gasteiger partial charge is 0.387 e. The molecule has 2 nitrogen and oxygen atoms in total. The van der Waals surface area contributed by atoms with Crippen molar-refractivity contribution in [3.8, 4) is 0 Å². The van der Waals surface area contributed by atoms with Crippen LogP contribution in [0.4, 0.5) is 8.78 Å². The molecule has 1 aliphatic carbocycles. The van der Waals surface area contributed by atoms with Crippen LogP contribution in [0.15, 0.2) is 18.2 Å². The van der Waals surface area contributed by atoms with Gasteiger partial charge in [0.05, 0.1) is 5.41 Å². The lowest BCUT2D eigenvalue weighted by Crippen LogP contribution is -2.30. The fourth-order valence-electron chi connectivity index (χ4n) is 2.17. The van der Waals surface area contributed by atoms with Gasteiger partial charge in [0.2, 0.25) is 0 Å². The van der Waals surface area contributed by atoms with Crippen LogP contribution >= 0.6 is 0 Å². The lowest BCUT2D eigenvalue weighted by Gasteiger charge is -2.16. The van der Waals surface area contributed by atoms with Gasteiger partial charge in [0.15, 0.2) is 0 Å². The Bertz CT molecular complexity index is 431. The second-order valence-electron chi connectivity index (χ2n) is 4.11. The van der Waals surface area contributed by atoms with E-state index in [2.05, 4.69) is 0 Å². The summed E-state index contributed by atoms with van der Waals surface area (Å²) in [5.74, 6) is -1.12. The number of nitrogens with one attached hydrogen (secondary N) is 1. The highest BCUT2D eigenvalue weighted by molar-refractivity contribution is 5.92. The SMILES string of the molecule is CC1CC1(C(=N)N)c1ccc(F)cc1F. The molecule has 2 rings (SSSR count). The molecule has 1 aromatic carbocycles. The van der Waals surface area contributed by atoms with E-state index in [0.717, 1.165) is 6.07 Å². The summed E-state index contributed by atoms with van der Waals surface area (Å²) in [5, 5.41) is 7.50. The fraction of sp³-hybridized carbons (Fsp3) is 0.364. The van der Waals surface area contributed by atoms with Crippen LogP contribution in [-0.2, 0) is 5.41 Å². The number of halogens is 2. The van der Waals surface area contributed by atoms with E-state index in [1.54, 1.807) is 0 Å². The highest BCUT2D eigenvalue weighted by Crippen LogP contribution is 2.54. The van der Waals surface area contributed by atoms with Gasteiger partial charge in [0.1, 0.15) is 17.5 Å². The maximum Gasteiger partial charge on any atom is 0.130 e. The Morgan fingerprint density at radius 2 is 2.13 bits per heavy atom. The Balaban J connectivity index is 2.50. The third kappa shape index (κ3) is 1.32. The van der Waals surface area contributed by atoms with Crippen molar-refractivity contribution in [1.29, 1.82) is 5.41 Å². The van der Waals surface area contributed by atoms with Crippen molar-refractivity contribution >= 4 is 5.84 Å². The molecule has 1 fully saturated rings. The predicted molar refractivity (Wildman–Crippen MR) is 53.7 cm³/mol. The minimum Gasteiger partial charge on any atom is -0.387 e. The Kier molecular flexibility index (Phi) is 2.03. The first kappa shape index (κ1) is 10.1. The Morgan fingerprint density at radius 1 is 1.53 bits per heavy atom.